The van der Waals surface area contributed by atoms with Crippen LogP contribution in [0, 0.1) is 0 Å². The maximum absolute atomic E-state index is 12.0. The van der Waals surface area contributed by atoms with Gasteiger partial charge in [-0.05, 0) is 46.3 Å². The van der Waals surface area contributed by atoms with E-state index < -0.39 is 0 Å². The quantitative estimate of drug-likeness (QED) is 0.347. The number of unbranched alkanes of at least 4 members (excludes halogenated alkanes) is 3. The normalized spacial score (nSPS) is 12.0. The maximum atomic E-state index is 12.0. The molecule has 3 N–H and O–H groups in total. The lowest BCUT2D eigenvalue weighted by Gasteiger charge is -2.16. The van der Waals surface area contributed by atoms with E-state index in [2.05, 4.69) is 20.7 Å². The van der Waals surface area contributed by atoms with Crippen molar-refractivity contribution in [2.45, 2.75) is 51.0 Å². The molecule has 0 saturated carbocycles. The van der Waals surface area contributed by atoms with E-state index in [4.69, 9.17) is 0 Å². The number of nitrogens with one attached hydrogen (secondary N) is 3. The monoisotopic (exact) mass is 301 g/mol. The first-order chi connectivity index (χ1) is 10.2. The highest BCUT2D eigenvalue weighted by atomic mass is 16.5. The van der Waals surface area contributed by atoms with E-state index in [0.717, 1.165) is 45.1 Å². The van der Waals surface area contributed by atoms with E-state index in [1.54, 1.807) is 0 Å². The molecule has 6 heteroatoms. The van der Waals surface area contributed by atoms with E-state index in [9.17, 15) is 9.59 Å². The van der Waals surface area contributed by atoms with E-state index >= 15 is 0 Å². The van der Waals surface area contributed by atoms with Crippen LogP contribution in [0.4, 0.5) is 0 Å². The van der Waals surface area contributed by atoms with Crippen LogP contribution in [0.3, 0.4) is 0 Å². The Morgan fingerprint density at radius 1 is 1.00 bits per heavy atom. The summed E-state index contributed by atoms with van der Waals surface area (Å²) in [5, 5.41) is 9.10. The highest BCUT2D eigenvalue weighted by molar-refractivity contribution is 5.81. The van der Waals surface area contributed by atoms with Crippen LogP contribution in [0.2, 0.25) is 0 Å². The van der Waals surface area contributed by atoms with Gasteiger partial charge in [0, 0.05) is 13.0 Å². The molecule has 0 spiro atoms. The summed E-state index contributed by atoms with van der Waals surface area (Å²) >= 11 is 0. The van der Waals surface area contributed by atoms with Gasteiger partial charge in [-0.25, -0.2) is 0 Å². The molecular formula is C15H31N3O3. The van der Waals surface area contributed by atoms with Gasteiger partial charge in [-0.3, -0.25) is 9.59 Å². The summed E-state index contributed by atoms with van der Waals surface area (Å²) in [5.74, 6) is -0.106. The van der Waals surface area contributed by atoms with E-state index in [1.165, 1.54) is 7.11 Å². The Hall–Kier alpha value is -1.14. The third-order valence-corrected chi connectivity index (χ3v) is 3.42. The molecule has 21 heavy (non-hydrogen) atoms. The predicted molar refractivity (Wildman–Crippen MR) is 84.1 cm³/mol. The first kappa shape index (κ1) is 19.9. The van der Waals surface area contributed by atoms with Crippen LogP contribution >= 0.6 is 0 Å². The number of esters is 1. The second kappa shape index (κ2) is 13.8. The molecule has 1 atom stereocenters. The minimum atomic E-state index is -0.171. The minimum Gasteiger partial charge on any atom is -0.469 e. The molecule has 0 aliphatic heterocycles. The lowest BCUT2D eigenvalue weighted by molar-refractivity contribution is -0.140. The van der Waals surface area contributed by atoms with Gasteiger partial charge in [0.25, 0.3) is 0 Å². The van der Waals surface area contributed by atoms with Gasteiger partial charge in [-0.1, -0.05) is 12.8 Å². The summed E-state index contributed by atoms with van der Waals surface area (Å²) < 4.78 is 4.57. The molecule has 6 nitrogen and oxygen atoms in total. The molecule has 0 saturated heterocycles. The lowest BCUT2D eigenvalue weighted by atomic mass is 10.1. The number of likely N-dealkylation sites (N-methyl/N-ethyl adjacent to an activating group) is 1. The number of methoxy groups -OCH3 is 1. The second-order valence-electron chi connectivity index (χ2n) is 5.12. The average molecular weight is 301 g/mol. The lowest BCUT2D eigenvalue weighted by Crippen LogP contribution is -2.42. The van der Waals surface area contributed by atoms with Crippen LogP contribution < -0.4 is 16.0 Å². The van der Waals surface area contributed by atoms with Crippen LogP contribution in [-0.2, 0) is 14.3 Å². The number of ether oxygens (including phenoxy) is 1. The van der Waals surface area contributed by atoms with Crippen molar-refractivity contribution in [1.29, 1.82) is 0 Å². The van der Waals surface area contributed by atoms with Crippen LogP contribution in [0.15, 0.2) is 0 Å². The zero-order valence-electron chi connectivity index (χ0n) is 13.7. The van der Waals surface area contributed by atoms with Crippen LogP contribution in [0.1, 0.15) is 44.9 Å². The SMILES string of the molecule is CNCCCCC(NC)C(=O)NCCCCCC(=O)OC. The highest BCUT2D eigenvalue weighted by Crippen LogP contribution is 2.02. The number of amides is 1. The Kier molecular flexibility index (Phi) is 13.1. The first-order valence-electron chi connectivity index (χ1n) is 7.82. The van der Waals surface area contributed by atoms with Gasteiger partial charge < -0.3 is 20.7 Å². The Labute approximate surface area is 128 Å². The van der Waals surface area contributed by atoms with Crippen LogP contribution in [0.25, 0.3) is 0 Å². The van der Waals surface area contributed by atoms with Crippen molar-refractivity contribution in [3.8, 4) is 0 Å². The molecule has 0 heterocycles. The molecule has 0 aromatic rings. The molecular weight excluding hydrogens is 270 g/mol. The fourth-order valence-corrected chi connectivity index (χ4v) is 2.06. The third-order valence-electron chi connectivity index (χ3n) is 3.42. The fraction of sp³-hybridized carbons (Fsp3) is 0.867. The van der Waals surface area contributed by atoms with Crippen molar-refractivity contribution in [2.24, 2.45) is 0 Å². The predicted octanol–water partition coefficient (Wildman–Crippen LogP) is 0.814. The third kappa shape index (κ3) is 11.2. The van der Waals surface area contributed by atoms with Gasteiger partial charge in [0.2, 0.25) is 5.91 Å². The fourth-order valence-electron chi connectivity index (χ4n) is 2.06. The van der Waals surface area contributed by atoms with Crippen molar-refractivity contribution in [1.82, 2.24) is 16.0 Å². The standard InChI is InChI=1S/C15H31N3O3/c1-16-11-8-6-9-13(17-2)15(20)18-12-7-4-5-10-14(19)21-3/h13,16-17H,4-12H2,1-3H3,(H,18,20). The van der Waals surface area contributed by atoms with Gasteiger partial charge >= 0.3 is 5.97 Å². The topological polar surface area (TPSA) is 79.5 Å². The number of hydrogen-bond acceptors (Lipinski definition) is 5. The summed E-state index contributed by atoms with van der Waals surface area (Å²) in [6, 6.07) is -0.114. The summed E-state index contributed by atoms with van der Waals surface area (Å²) in [7, 11) is 5.15. The molecule has 124 valence electrons. The summed E-state index contributed by atoms with van der Waals surface area (Å²) in [4.78, 5) is 22.9. The summed E-state index contributed by atoms with van der Waals surface area (Å²) in [6.07, 6.45) is 6.03. The van der Waals surface area contributed by atoms with Crippen molar-refractivity contribution in [3.05, 3.63) is 0 Å². The average Bonchev–Trinajstić information content (AvgIpc) is 2.50. The largest absolute Gasteiger partial charge is 0.469 e. The minimum absolute atomic E-state index is 0.0647. The Morgan fingerprint density at radius 3 is 2.33 bits per heavy atom. The van der Waals surface area contributed by atoms with Gasteiger partial charge in [-0.2, -0.15) is 0 Å². The van der Waals surface area contributed by atoms with Crippen molar-refractivity contribution < 1.29 is 14.3 Å². The molecule has 0 radical (unpaired) electrons. The van der Waals surface area contributed by atoms with E-state index in [1.807, 2.05) is 14.1 Å². The first-order valence-corrected chi connectivity index (χ1v) is 7.82. The smallest absolute Gasteiger partial charge is 0.305 e. The molecule has 0 aliphatic carbocycles. The van der Waals surface area contributed by atoms with Crippen LogP contribution in [-0.4, -0.2) is 52.2 Å². The molecule has 0 aliphatic rings. The van der Waals surface area contributed by atoms with Gasteiger partial charge in [0.15, 0.2) is 0 Å². The zero-order chi connectivity index (χ0) is 15.9. The summed E-state index contributed by atoms with van der Waals surface area (Å²) in [6.45, 7) is 1.65. The molecule has 1 amide bonds. The molecule has 0 rings (SSSR count). The zero-order valence-corrected chi connectivity index (χ0v) is 13.7. The number of rotatable bonds is 13. The number of carbonyl (C=O) groups is 2. The van der Waals surface area contributed by atoms with Crippen molar-refractivity contribution in [3.63, 3.8) is 0 Å². The molecule has 0 fully saturated rings. The molecule has 0 aromatic carbocycles. The van der Waals surface area contributed by atoms with Gasteiger partial charge in [0.05, 0.1) is 13.2 Å². The van der Waals surface area contributed by atoms with Gasteiger partial charge in [-0.15, -0.1) is 0 Å². The van der Waals surface area contributed by atoms with Crippen molar-refractivity contribution >= 4 is 11.9 Å². The number of carbonyl (C=O) groups excluding carboxylic acids is 2. The van der Waals surface area contributed by atoms with Gasteiger partial charge in [0.1, 0.15) is 0 Å². The van der Waals surface area contributed by atoms with E-state index in [0.29, 0.717) is 13.0 Å². The van der Waals surface area contributed by atoms with Crippen molar-refractivity contribution in [2.75, 3.05) is 34.3 Å². The highest BCUT2D eigenvalue weighted by Gasteiger charge is 2.14. The second-order valence-corrected chi connectivity index (χ2v) is 5.12. The Morgan fingerprint density at radius 2 is 1.71 bits per heavy atom. The molecule has 0 aromatic heterocycles. The van der Waals surface area contributed by atoms with E-state index in [-0.39, 0.29) is 17.9 Å². The van der Waals surface area contributed by atoms with Crippen LogP contribution in [0.5, 0.6) is 0 Å². The Bertz CT molecular complexity index is 285. The maximum Gasteiger partial charge on any atom is 0.305 e. The molecule has 1 unspecified atom stereocenters. The Balaban J connectivity index is 3.62. The molecule has 0 bridgehead atoms. The summed E-state index contributed by atoms with van der Waals surface area (Å²) in [5.41, 5.74) is 0. The number of hydrogen-bond donors (Lipinski definition) is 3.